The van der Waals surface area contributed by atoms with Crippen LogP contribution in [0.25, 0.3) is 0 Å². The quantitative estimate of drug-likeness (QED) is 0.361. The highest BCUT2D eigenvalue weighted by Crippen LogP contribution is 2.33. The summed E-state index contributed by atoms with van der Waals surface area (Å²) < 4.78 is 9.88. The fourth-order valence-electron chi connectivity index (χ4n) is 4.33. The van der Waals surface area contributed by atoms with Gasteiger partial charge in [-0.25, -0.2) is 14.7 Å². The number of imide groups is 1. The third kappa shape index (κ3) is 6.44. The number of amidine groups is 1. The molecule has 39 heavy (non-hydrogen) atoms. The highest BCUT2D eigenvalue weighted by Gasteiger charge is 2.40. The second kappa shape index (κ2) is 12.1. The van der Waals surface area contributed by atoms with Gasteiger partial charge in [0.1, 0.15) is 12.0 Å². The molecular formula is C27H34N6O6. The van der Waals surface area contributed by atoms with Crippen molar-refractivity contribution < 1.29 is 28.7 Å². The van der Waals surface area contributed by atoms with Crippen molar-refractivity contribution in [1.29, 1.82) is 0 Å². The number of benzene rings is 1. The molecule has 1 aromatic rings. The molecule has 2 heterocycles. The minimum atomic E-state index is -0.887. The number of nitrogens with zero attached hydrogens (tertiary/aromatic N) is 4. The Morgan fingerprint density at radius 1 is 1.13 bits per heavy atom. The van der Waals surface area contributed by atoms with Crippen LogP contribution < -0.4 is 10.6 Å². The summed E-state index contributed by atoms with van der Waals surface area (Å²) in [5.41, 5.74) is 3.47. The summed E-state index contributed by atoms with van der Waals surface area (Å²) in [7, 11) is 0. The summed E-state index contributed by atoms with van der Waals surface area (Å²) in [5, 5.41) is 12.3. The van der Waals surface area contributed by atoms with E-state index in [1.54, 1.807) is 31.0 Å². The van der Waals surface area contributed by atoms with Crippen LogP contribution in [0.5, 0.6) is 0 Å². The van der Waals surface area contributed by atoms with Crippen LogP contribution in [-0.2, 0) is 19.1 Å². The van der Waals surface area contributed by atoms with Gasteiger partial charge in [0.2, 0.25) is 12.7 Å². The monoisotopic (exact) mass is 538 g/mol. The van der Waals surface area contributed by atoms with Crippen molar-refractivity contribution in [3.05, 3.63) is 40.6 Å². The number of hydrogen-bond acceptors (Lipinski definition) is 10. The number of anilines is 1. The molecule has 1 unspecified atom stereocenters. The average molecular weight is 539 g/mol. The van der Waals surface area contributed by atoms with Crippen LogP contribution in [0.2, 0.25) is 0 Å². The molecule has 3 amide bonds. The number of rotatable bonds is 9. The van der Waals surface area contributed by atoms with E-state index in [1.807, 2.05) is 19.9 Å². The maximum Gasteiger partial charge on any atom is 0.419 e. The maximum atomic E-state index is 13.4. The molecule has 2 aliphatic heterocycles. The molecule has 1 saturated carbocycles. The highest BCUT2D eigenvalue weighted by atomic mass is 16.7. The Kier molecular flexibility index (Phi) is 8.62. The molecular weight excluding hydrogens is 504 g/mol. The van der Waals surface area contributed by atoms with Gasteiger partial charge < -0.3 is 20.1 Å². The fourth-order valence-corrected chi connectivity index (χ4v) is 4.33. The number of nitrogens with one attached hydrogen (secondary N) is 2. The first kappa shape index (κ1) is 27.8. The van der Waals surface area contributed by atoms with Gasteiger partial charge >= 0.3 is 12.1 Å². The van der Waals surface area contributed by atoms with E-state index in [2.05, 4.69) is 20.7 Å². The molecule has 2 N–H and O–H groups in total. The summed E-state index contributed by atoms with van der Waals surface area (Å²) >= 11 is 0. The molecule has 1 aliphatic carbocycles. The number of aryl methyl sites for hydroxylation is 1. The molecule has 1 fully saturated rings. The minimum Gasteiger partial charge on any atom is -0.428 e. The van der Waals surface area contributed by atoms with E-state index in [9.17, 15) is 19.2 Å². The first-order chi connectivity index (χ1) is 18.7. The second-order valence-corrected chi connectivity index (χ2v) is 9.65. The van der Waals surface area contributed by atoms with Crippen LogP contribution >= 0.6 is 0 Å². The van der Waals surface area contributed by atoms with Crippen LogP contribution in [-0.4, -0.2) is 71.9 Å². The van der Waals surface area contributed by atoms with Crippen molar-refractivity contribution in [3.63, 3.8) is 0 Å². The van der Waals surface area contributed by atoms with Gasteiger partial charge in [0.15, 0.2) is 5.84 Å². The number of aliphatic imine (C=N–C) groups is 1. The number of carbonyl (C=O) groups excluding carboxylic acids is 4. The zero-order valence-corrected chi connectivity index (χ0v) is 22.7. The molecule has 3 aliphatic rings. The summed E-state index contributed by atoms with van der Waals surface area (Å²) in [5.74, 6) is -1.24. The smallest absolute Gasteiger partial charge is 0.419 e. The lowest BCUT2D eigenvalue weighted by atomic mass is 10.0. The molecule has 0 spiro atoms. The van der Waals surface area contributed by atoms with Crippen LogP contribution in [0.15, 0.2) is 39.6 Å². The van der Waals surface area contributed by atoms with Crippen LogP contribution in [0, 0.1) is 12.8 Å². The van der Waals surface area contributed by atoms with Gasteiger partial charge in [0.05, 0.1) is 12.5 Å². The van der Waals surface area contributed by atoms with Gasteiger partial charge in [-0.05, 0) is 63.3 Å². The van der Waals surface area contributed by atoms with Crippen molar-refractivity contribution in [3.8, 4) is 0 Å². The molecule has 0 radical (unpaired) electrons. The van der Waals surface area contributed by atoms with Gasteiger partial charge in [-0.2, -0.15) is 5.10 Å². The van der Waals surface area contributed by atoms with E-state index in [0.29, 0.717) is 34.8 Å². The molecule has 0 saturated heterocycles. The summed E-state index contributed by atoms with van der Waals surface area (Å²) in [6, 6.07) is 5.68. The molecule has 208 valence electrons. The Labute approximate surface area is 227 Å². The number of amides is 3. The van der Waals surface area contributed by atoms with Crippen molar-refractivity contribution in [2.24, 2.45) is 16.0 Å². The average Bonchev–Trinajstić information content (AvgIpc) is 3.66. The summed E-state index contributed by atoms with van der Waals surface area (Å²) in [6.45, 7) is 6.96. The molecule has 0 aromatic heterocycles. The van der Waals surface area contributed by atoms with Gasteiger partial charge in [-0.3, -0.25) is 19.4 Å². The minimum absolute atomic E-state index is 0.0804. The zero-order valence-electron chi connectivity index (χ0n) is 22.7. The van der Waals surface area contributed by atoms with E-state index in [0.717, 1.165) is 23.3 Å². The molecule has 4 rings (SSSR count). The van der Waals surface area contributed by atoms with Gasteiger partial charge in [-0.1, -0.05) is 13.0 Å². The number of esters is 1. The van der Waals surface area contributed by atoms with Gasteiger partial charge in [-0.15, -0.1) is 0 Å². The van der Waals surface area contributed by atoms with Crippen LogP contribution in [0.4, 0.5) is 10.5 Å². The summed E-state index contributed by atoms with van der Waals surface area (Å²) in [6.07, 6.45) is 3.34. The summed E-state index contributed by atoms with van der Waals surface area (Å²) in [4.78, 5) is 55.5. The normalized spacial score (nSPS) is 17.8. The zero-order chi connectivity index (χ0) is 28.1. The lowest BCUT2D eigenvalue weighted by Gasteiger charge is -2.23. The van der Waals surface area contributed by atoms with Crippen LogP contribution in [0.3, 0.4) is 0 Å². The topological polar surface area (TPSA) is 142 Å². The van der Waals surface area contributed by atoms with E-state index in [-0.39, 0.29) is 31.5 Å². The highest BCUT2D eigenvalue weighted by molar-refractivity contribution is 6.13. The van der Waals surface area contributed by atoms with Gasteiger partial charge in [0.25, 0.3) is 5.91 Å². The SMILES string of the molecule is CCCC(=O)OCOC(=O)N(CC)C(=O)C1CN2N=CN=C(Nc3cc(C(=O)NC4CC4)ccc3C)C2=C1C. The number of hydrazone groups is 1. The Balaban J connectivity index is 1.47. The Bertz CT molecular complexity index is 1250. The molecule has 1 atom stereocenters. The van der Waals surface area contributed by atoms with Gasteiger partial charge in [0, 0.05) is 30.3 Å². The third-order valence-corrected chi connectivity index (χ3v) is 6.73. The lowest BCUT2D eigenvalue weighted by Crippen LogP contribution is -2.42. The van der Waals surface area contributed by atoms with Crippen molar-refractivity contribution in [2.75, 3.05) is 25.2 Å². The largest absolute Gasteiger partial charge is 0.428 e. The van der Waals surface area contributed by atoms with Crippen LogP contribution in [0.1, 0.15) is 62.4 Å². The van der Waals surface area contributed by atoms with Crippen molar-refractivity contribution in [1.82, 2.24) is 15.2 Å². The first-order valence-electron chi connectivity index (χ1n) is 13.1. The Hall–Kier alpha value is -4.22. The third-order valence-electron chi connectivity index (χ3n) is 6.73. The lowest BCUT2D eigenvalue weighted by molar-refractivity contribution is -0.152. The number of ether oxygens (including phenoxy) is 2. The second-order valence-electron chi connectivity index (χ2n) is 9.65. The molecule has 12 heteroatoms. The van der Waals surface area contributed by atoms with E-state index < -0.39 is 30.7 Å². The number of carbonyl (C=O) groups is 4. The predicted octanol–water partition coefficient (Wildman–Crippen LogP) is 3.15. The Morgan fingerprint density at radius 3 is 2.59 bits per heavy atom. The first-order valence-corrected chi connectivity index (χ1v) is 13.1. The number of hydrogen-bond donors (Lipinski definition) is 2. The van der Waals surface area contributed by atoms with E-state index >= 15 is 0 Å². The van der Waals surface area contributed by atoms with E-state index in [1.165, 1.54) is 6.34 Å². The van der Waals surface area contributed by atoms with Crippen molar-refractivity contribution in [2.45, 2.75) is 59.4 Å². The van der Waals surface area contributed by atoms with Crippen molar-refractivity contribution >= 4 is 41.7 Å². The Morgan fingerprint density at radius 2 is 1.90 bits per heavy atom. The van der Waals surface area contributed by atoms with E-state index in [4.69, 9.17) is 9.47 Å². The predicted molar refractivity (Wildman–Crippen MR) is 144 cm³/mol. The standard InChI is InChI=1S/C27H34N6O6/c1-5-7-22(34)38-15-39-27(37)32(6-2)26(36)20-13-33-23(17(20)4)24(28-14-29-33)31-21-12-18(9-8-16(21)3)25(35)30-19-10-11-19/h8-9,12,14,19-20H,5-7,10-11,13,15H2,1-4H3,(H,30,35)(H,28,29,31). The molecule has 0 bridgehead atoms. The molecule has 1 aromatic carbocycles. The maximum absolute atomic E-state index is 13.4. The fraction of sp³-hybridized carbons (Fsp3) is 0.481. The molecule has 12 nitrogen and oxygen atoms in total. The number of fused-ring (bicyclic) bond motifs is 1.